The first-order valence-electron chi connectivity index (χ1n) is 8.77. The number of pyridine rings is 1. The summed E-state index contributed by atoms with van der Waals surface area (Å²) in [6.45, 7) is 5.16. The number of imidazole rings is 1. The van der Waals surface area contributed by atoms with E-state index in [1.807, 2.05) is 13.8 Å². The largest absolute Gasteiger partial charge is 0.339 e. The molecule has 0 atom stereocenters. The monoisotopic (exact) mass is 363 g/mol. The number of benzene rings is 1. The highest BCUT2D eigenvalue weighted by Crippen LogP contribution is 2.15. The maximum Gasteiger partial charge on any atom is 0.255 e. The molecule has 0 aliphatic rings. The summed E-state index contributed by atoms with van der Waals surface area (Å²) in [4.78, 5) is 35.0. The van der Waals surface area contributed by atoms with Crippen LogP contribution in [0.15, 0.2) is 61.3 Å². The molecule has 2 heterocycles. The Labute approximate surface area is 157 Å². The maximum atomic E-state index is 12.6. The molecule has 7 nitrogen and oxygen atoms in total. The summed E-state index contributed by atoms with van der Waals surface area (Å²) in [5.74, 6) is 0.277. The van der Waals surface area contributed by atoms with Gasteiger partial charge in [-0.1, -0.05) is 6.07 Å². The van der Waals surface area contributed by atoms with Crippen molar-refractivity contribution in [3.63, 3.8) is 0 Å². The van der Waals surface area contributed by atoms with E-state index < -0.39 is 0 Å². The molecule has 0 bridgehead atoms. The van der Waals surface area contributed by atoms with Crippen molar-refractivity contribution >= 4 is 17.5 Å². The van der Waals surface area contributed by atoms with Gasteiger partial charge in [0.25, 0.3) is 11.8 Å². The molecule has 0 aliphatic heterocycles. The van der Waals surface area contributed by atoms with Crippen LogP contribution in [-0.4, -0.2) is 44.3 Å². The number of hydrogen-bond donors (Lipinski definition) is 1. The van der Waals surface area contributed by atoms with Crippen molar-refractivity contribution in [3.8, 4) is 5.82 Å². The smallest absolute Gasteiger partial charge is 0.255 e. The molecule has 1 N–H and O–H groups in total. The van der Waals surface area contributed by atoms with Gasteiger partial charge in [0.15, 0.2) is 0 Å². The third-order valence-electron chi connectivity index (χ3n) is 4.19. The Morgan fingerprint density at radius 2 is 1.89 bits per heavy atom. The molecule has 138 valence electrons. The first kappa shape index (κ1) is 18.3. The van der Waals surface area contributed by atoms with Crippen LogP contribution in [-0.2, 0) is 0 Å². The van der Waals surface area contributed by atoms with Gasteiger partial charge in [0, 0.05) is 48.5 Å². The molecule has 1 aromatic carbocycles. The highest BCUT2D eigenvalue weighted by Gasteiger charge is 2.14. The average Bonchev–Trinajstić information content (AvgIpc) is 3.24. The van der Waals surface area contributed by atoms with E-state index in [0.29, 0.717) is 35.7 Å². The van der Waals surface area contributed by atoms with Crippen LogP contribution in [0.1, 0.15) is 34.6 Å². The number of carbonyl (C=O) groups excluding carboxylic acids is 2. The zero-order chi connectivity index (χ0) is 19.2. The highest BCUT2D eigenvalue weighted by atomic mass is 16.2. The van der Waals surface area contributed by atoms with Crippen LogP contribution in [0.5, 0.6) is 0 Å². The van der Waals surface area contributed by atoms with Crippen molar-refractivity contribution in [2.75, 3.05) is 18.4 Å². The summed E-state index contributed by atoms with van der Waals surface area (Å²) in [5.41, 5.74) is 1.58. The van der Waals surface area contributed by atoms with Gasteiger partial charge in [0.2, 0.25) is 0 Å². The van der Waals surface area contributed by atoms with E-state index in [9.17, 15) is 9.59 Å². The minimum Gasteiger partial charge on any atom is -0.339 e. The Morgan fingerprint density at radius 3 is 2.59 bits per heavy atom. The molecule has 3 aromatic rings. The summed E-state index contributed by atoms with van der Waals surface area (Å²) in [6, 6.07) is 10.3. The number of amides is 2. The lowest BCUT2D eigenvalue weighted by Gasteiger charge is -2.19. The maximum absolute atomic E-state index is 12.6. The molecule has 2 aromatic heterocycles. The predicted molar refractivity (Wildman–Crippen MR) is 103 cm³/mol. The van der Waals surface area contributed by atoms with Crippen molar-refractivity contribution in [2.24, 2.45) is 0 Å². The van der Waals surface area contributed by atoms with Gasteiger partial charge >= 0.3 is 0 Å². The van der Waals surface area contributed by atoms with Crippen molar-refractivity contribution in [1.82, 2.24) is 19.4 Å². The fraction of sp³-hybridized carbons (Fsp3) is 0.200. The van der Waals surface area contributed by atoms with E-state index >= 15 is 0 Å². The minimum absolute atomic E-state index is 0.0533. The average molecular weight is 363 g/mol. The topological polar surface area (TPSA) is 80.1 Å². The molecule has 2 amide bonds. The number of nitrogens with one attached hydrogen (secondary N) is 1. The Bertz CT molecular complexity index is 933. The second-order valence-corrected chi connectivity index (χ2v) is 5.89. The summed E-state index contributed by atoms with van der Waals surface area (Å²) in [5, 5.41) is 2.84. The molecule has 3 rings (SSSR count). The number of hydrogen-bond acceptors (Lipinski definition) is 4. The molecule has 7 heteroatoms. The number of nitrogens with zero attached hydrogens (tertiary/aromatic N) is 4. The molecule has 0 unspecified atom stereocenters. The molecule has 0 radical (unpaired) electrons. The van der Waals surface area contributed by atoms with Gasteiger partial charge in [-0.3, -0.25) is 14.2 Å². The predicted octanol–water partition coefficient (Wildman–Crippen LogP) is 3.00. The van der Waals surface area contributed by atoms with Crippen LogP contribution >= 0.6 is 0 Å². The van der Waals surface area contributed by atoms with Crippen molar-refractivity contribution in [3.05, 3.63) is 72.4 Å². The molecule has 0 aliphatic carbocycles. The van der Waals surface area contributed by atoms with Gasteiger partial charge in [0.05, 0.1) is 0 Å². The third kappa shape index (κ3) is 4.20. The van der Waals surface area contributed by atoms with Crippen molar-refractivity contribution in [1.29, 1.82) is 0 Å². The van der Waals surface area contributed by atoms with E-state index in [1.54, 1.807) is 70.8 Å². The van der Waals surface area contributed by atoms with Crippen LogP contribution in [0.25, 0.3) is 5.82 Å². The lowest BCUT2D eigenvalue weighted by molar-refractivity contribution is 0.0772. The molecule has 0 spiro atoms. The number of rotatable bonds is 6. The van der Waals surface area contributed by atoms with Crippen LogP contribution in [0.4, 0.5) is 5.69 Å². The van der Waals surface area contributed by atoms with E-state index in [-0.39, 0.29) is 11.8 Å². The summed E-state index contributed by atoms with van der Waals surface area (Å²) >= 11 is 0. The van der Waals surface area contributed by atoms with Crippen molar-refractivity contribution < 1.29 is 9.59 Å². The van der Waals surface area contributed by atoms with Crippen LogP contribution in [0.2, 0.25) is 0 Å². The Morgan fingerprint density at radius 1 is 1.07 bits per heavy atom. The molecule has 0 fully saturated rings. The summed E-state index contributed by atoms with van der Waals surface area (Å²) < 4.78 is 1.72. The van der Waals surface area contributed by atoms with E-state index in [2.05, 4.69) is 15.3 Å². The molecular formula is C20H21N5O2. The zero-order valence-electron chi connectivity index (χ0n) is 15.3. The standard InChI is InChI=1S/C20H21N5O2/c1-3-24(4-2)20(27)16-6-5-7-17(12-16)23-19(26)15-8-9-22-18(13-15)25-11-10-21-14-25/h5-14H,3-4H2,1-2H3,(H,23,26). The van der Waals surface area contributed by atoms with Crippen molar-refractivity contribution in [2.45, 2.75) is 13.8 Å². The van der Waals surface area contributed by atoms with Gasteiger partial charge in [-0.15, -0.1) is 0 Å². The SMILES string of the molecule is CCN(CC)C(=O)c1cccc(NC(=O)c2ccnc(-n3ccnc3)c2)c1. The number of anilines is 1. The van der Waals surface area contributed by atoms with Gasteiger partial charge in [-0.05, 0) is 44.2 Å². The van der Waals surface area contributed by atoms with Gasteiger partial charge in [0.1, 0.15) is 12.1 Å². The fourth-order valence-electron chi connectivity index (χ4n) is 2.72. The first-order valence-corrected chi connectivity index (χ1v) is 8.77. The normalized spacial score (nSPS) is 10.4. The van der Waals surface area contributed by atoms with Crippen LogP contribution in [0, 0.1) is 0 Å². The lowest BCUT2D eigenvalue weighted by Crippen LogP contribution is -2.30. The van der Waals surface area contributed by atoms with Gasteiger partial charge in [-0.25, -0.2) is 9.97 Å². The van der Waals surface area contributed by atoms with Gasteiger partial charge in [-0.2, -0.15) is 0 Å². The van der Waals surface area contributed by atoms with E-state index in [0.717, 1.165) is 0 Å². The molecular weight excluding hydrogens is 342 g/mol. The minimum atomic E-state index is -0.272. The Hall–Kier alpha value is -3.48. The molecule has 0 saturated heterocycles. The van der Waals surface area contributed by atoms with Crippen LogP contribution in [0.3, 0.4) is 0 Å². The highest BCUT2D eigenvalue weighted by molar-refractivity contribution is 6.05. The zero-order valence-corrected chi connectivity index (χ0v) is 15.3. The summed E-state index contributed by atoms with van der Waals surface area (Å²) in [7, 11) is 0. The molecule has 0 saturated carbocycles. The first-order chi connectivity index (χ1) is 13.1. The fourth-order valence-corrected chi connectivity index (χ4v) is 2.72. The second-order valence-electron chi connectivity index (χ2n) is 5.89. The van der Waals surface area contributed by atoms with Gasteiger partial charge < -0.3 is 10.2 Å². The Balaban J connectivity index is 1.78. The number of aromatic nitrogens is 3. The third-order valence-corrected chi connectivity index (χ3v) is 4.19. The summed E-state index contributed by atoms with van der Waals surface area (Å²) in [6.07, 6.45) is 6.59. The second kappa shape index (κ2) is 8.27. The Kier molecular flexibility index (Phi) is 5.61. The van der Waals surface area contributed by atoms with E-state index in [1.165, 1.54) is 0 Å². The number of carbonyl (C=O) groups is 2. The molecule has 27 heavy (non-hydrogen) atoms. The van der Waals surface area contributed by atoms with Crippen LogP contribution < -0.4 is 5.32 Å². The quantitative estimate of drug-likeness (QED) is 0.730. The lowest BCUT2D eigenvalue weighted by atomic mass is 10.1. The van der Waals surface area contributed by atoms with E-state index in [4.69, 9.17) is 0 Å².